The topological polar surface area (TPSA) is 69.9 Å². The molecule has 2 aliphatic rings. The summed E-state index contributed by atoms with van der Waals surface area (Å²) < 4.78 is 5.62. The average Bonchev–Trinajstić information content (AvgIpc) is 2.83. The molecule has 1 aliphatic heterocycles. The van der Waals surface area contributed by atoms with Crippen molar-refractivity contribution < 1.29 is 20.1 Å². The standard InChI is InChI=1S/C27H38O4.C2H6/c1-4-5-6-7-10-27(11-13-31-14-12-27)21-16-24(29)26(25(30)17-21)23-15-20(18-28)8-9-22(23)19(2)3;1-2/h7,10,15-17,22-23,28-30H,2,4-6,8-9,11-14,18H2,1,3H3;1-2H3/b10-7-;/t22?,23-;/m0./s1. The summed E-state index contributed by atoms with van der Waals surface area (Å²) in [4.78, 5) is 0. The summed E-state index contributed by atoms with van der Waals surface area (Å²) in [5, 5.41) is 31.9. The van der Waals surface area contributed by atoms with E-state index in [0.717, 1.165) is 61.7 Å². The molecule has 4 heteroatoms. The van der Waals surface area contributed by atoms with Crippen LogP contribution in [0, 0.1) is 5.92 Å². The number of aliphatic hydroxyl groups excluding tert-OH is 1. The third kappa shape index (κ3) is 6.51. The van der Waals surface area contributed by atoms with Crippen molar-refractivity contribution in [2.24, 2.45) is 5.92 Å². The number of ether oxygens (including phenoxy) is 1. The maximum Gasteiger partial charge on any atom is 0.123 e. The van der Waals surface area contributed by atoms with Gasteiger partial charge in [0.15, 0.2) is 0 Å². The van der Waals surface area contributed by atoms with Crippen molar-refractivity contribution in [3.63, 3.8) is 0 Å². The molecule has 1 saturated heterocycles. The molecule has 184 valence electrons. The van der Waals surface area contributed by atoms with Crippen molar-refractivity contribution in [1.29, 1.82) is 0 Å². The van der Waals surface area contributed by atoms with Crippen LogP contribution in [0.2, 0.25) is 0 Å². The second kappa shape index (κ2) is 13.0. The van der Waals surface area contributed by atoms with E-state index < -0.39 is 0 Å². The van der Waals surface area contributed by atoms with Crippen LogP contribution in [0.5, 0.6) is 11.5 Å². The Hall–Kier alpha value is -2.04. The number of phenols is 2. The highest BCUT2D eigenvalue weighted by molar-refractivity contribution is 5.54. The molecule has 1 unspecified atom stereocenters. The van der Waals surface area contributed by atoms with Crippen LogP contribution in [0.3, 0.4) is 0 Å². The molecule has 0 radical (unpaired) electrons. The largest absolute Gasteiger partial charge is 0.507 e. The first-order valence-corrected chi connectivity index (χ1v) is 12.7. The van der Waals surface area contributed by atoms with E-state index in [1.807, 2.05) is 39.0 Å². The molecule has 2 atom stereocenters. The van der Waals surface area contributed by atoms with E-state index >= 15 is 0 Å². The van der Waals surface area contributed by atoms with Gasteiger partial charge in [0, 0.05) is 30.1 Å². The van der Waals surface area contributed by atoms with E-state index in [0.29, 0.717) is 18.8 Å². The van der Waals surface area contributed by atoms with Gasteiger partial charge < -0.3 is 20.1 Å². The van der Waals surface area contributed by atoms with Gasteiger partial charge in [-0.2, -0.15) is 0 Å². The minimum absolute atomic E-state index is 0.00465. The smallest absolute Gasteiger partial charge is 0.123 e. The molecule has 0 spiro atoms. The lowest BCUT2D eigenvalue weighted by molar-refractivity contribution is 0.0651. The third-order valence-electron chi connectivity index (χ3n) is 7.05. The highest BCUT2D eigenvalue weighted by Gasteiger charge is 2.35. The predicted octanol–water partition coefficient (Wildman–Crippen LogP) is 6.91. The Bertz CT molecular complexity index is 807. The Morgan fingerprint density at radius 1 is 1.18 bits per heavy atom. The van der Waals surface area contributed by atoms with Crippen molar-refractivity contribution in [2.45, 2.75) is 84.0 Å². The summed E-state index contributed by atoms with van der Waals surface area (Å²) in [5.74, 6) is 0.182. The van der Waals surface area contributed by atoms with E-state index in [9.17, 15) is 15.3 Å². The molecule has 33 heavy (non-hydrogen) atoms. The average molecular weight is 457 g/mol. The number of unbranched alkanes of at least 4 members (excludes halogenated alkanes) is 2. The van der Waals surface area contributed by atoms with Crippen molar-refractivity contribution in [2.75, 3.05) is 19.8 Å². The van der Waals surface area contributed by atoms with Gasteiger partial charge in [0.25, 0.3) is 0 Å². The van der Waals surface area contributed by atoms with Crippen molar-refractivity contribution >= 4 is 0 Å². The number of hydrogen-bond donors (Lipinski definition) is 3. The zero-order valence-electron chi connectivity index (χ0n) is 21.1. The Morgan fingerprint density at radius 2 is 1.82 bits per heavy atom. The summed E-state index contributed by atoms with van der Waals surface area (Å²) in [6.07, 6.45) is 13.2. The van der Waals surface area contributed by atoms with Gasteiger partial charge >= 0.3 is 0 Å². The van der Waals surface area contributed by atoms with Gasteiger partial charge in [0.2, 0.25) is 0 Å². The van der Waals surface area contributed by atoms with Gasteiger partial charge in [-0.25, -0.2) is 0 Å². The number of aliphatic hydroxyl groups is 1. The molecular weight excluding hydrogens is 412 g/mol. The van der Waals surface area contributed by atoms with Crippen LogP contribution in [0.4, 0.5) is 0 Å². The van der Waals surface area contributed by atoms with Gasteiger partial charge in [-0.3, -0.25) is 0 Å². The molecule has 1 heterocycles. The Morgan fingerprint density at radius 3 is 2.36 bits per heavy atom. The SMILES string of the molecule is C=C(C)C1CCC(CO)=C[C@@H]1c1c(O)cc(C2(/C=C\CCCC)CCOCC2)cc1O.CC. The number of allylic oxidation sites excluding steroid dienone is 4. The van der Waals surface area contributed by atoms with Gasteiger partial charge in [0.05, 0.1) is 6.61 Å². The zero-order valence-corrected chi connectivity index (χ0v) is 21.1. The Labute approximate surface area is 200 Å². The van der Waals surface area contributed by atoms with E-state index in [4.69, 9.17) is 4.74 Å². The number of hydrogen-bond acceptors (Lipinski definition) is 4. The lowest BCUT2D eigenvalue weighted by Gasteiger charge is -2.36. The zero-order chi connectivity index (χ0) is 24.4. The fraction of sp³-hybridized carbons (Fsp3) is 0.586. The molecule has 0 saturated carbocycles. The summed E-state index contributed by atoms with van der Waals surface area (Å²) in [5.41, 5.74) is 3.23. The molecule has 1 aromatic carbocycles. The van der Waals surface area contributed by atoms with Gasteiger partial charge in [-0.15, -0.1) is 0 Å². The van der Waals surface area contributed by atoms with Crippen LogP contribution in [0.25, 0.3) is 0 Å². The second-order valence-corrected chi connectivity index (χ2v) is 9.24. The van der Waals surface area contributed by atoms with Gasteiger partial charge in [0.1, 0.15) is 11.5 Å². The fourth-order valence-electron chi connectivity index (χ4n) is 5.11. The molecule has 0 bridgehead atoms. The lowest BCUT2D eigenvalue weighted by Crippen LogP contribution is -2.32. The summed E-state index contributed by atoms with van der Waals surface area (Å²) in [6, 6.07) is 3.67. The molecule has 4 nitrogen and oxygen atoms in total. The van der Waals surface area contributed by atoms with Crippen molar-refractivity contribution in [3.05, 3.63) is 59.2 Å². The van der Waals surface area contributed by atoms with Crippen LogP contribution >= 0.6 is 0 Å². The fourth-order valence-corrected chi connectivity index (χ4v) is 5.11. The monoisotopic (exact) mass is 456 g/mol. The molecule has 1 aromatic rings. The Kier molecular flexibility index (Phi) is 10.7. The van der Waals surface area contributed by atoms with Crippen LogP contribution in [0.15, 0.2) is 48.1 Å². The van der Waals surface area contributed by atoms with Crippen molar-refractivity contribution in [3.8, 4) is 11.5 Å². The lowest BCUT2D eigenvalue weighted by atomic mass is 9.71. The maximum absolute atomic E-state index is 11.1. The quantitative estimate of drug-likeness (QED) is 0.294. The highest BCUT2D eigenvalue weighted by Crippen LogP contribution is 2.48. The molecule has 1 fully saturated rings. The minimum Gasteiger partial charge on any atom is -0.507 e. The number of rotatable bonds is 8. The first kappa shape index (κ1) is 27.2. The minimum atomic E-state index is -0.230. The highest BCUT2D eigenvalue weighted by atomic mass is 16.5. The third-order valence-corrected chi connectivity index (χ3v) is 7.05. The van der Waals surface area contributed by atoms with Crippen LogP contribution in [-0.2, 0) is 10.2 Å². The predicted molar refractivity (Wildman–Crippen MR) is 137 cm³/mol. The van der Waals surface area contributed by atoms with E-state index in [1.165, 1.54) is 0 Å². The second-order valence-electron chi connectivity index (χ2n) is 9.24. The van der Waals surface area contributed by atoms with Crippen LogP contribution in [0.1, 0.15) is 89.7 Å². The van der Waals surface area contributed by atoms with Crippen molar-refractivity contribution in [1.82, 2.24) is 0 Å². The summed E-state index contributed by atoms with van der Waals surface area (Å²) in [7, 11) is 0. The van der Waals surface area contributed by atoms with E-state index in [1.54, 1.807) is 0 Å². The first-order valence-electron chi connectivity index (χ1n) is 12.7. The Balaban J connectivity index is 0.00000187. The summed E-state index contributed by atoms with van der Waals surface area (Å²) >= 11 is 0. The number of benzene rings is 1. The van der Waals surface area contributed by atoms with Gasteiger partial charge in [-0.05, 0) is 68.2 Å². The van der Waals surface area contributed by atoms with E-state index in [2.05, 4.69) is 25.7 Å². The molecule has 1 aliphatic carbocycles. The number of phenolic OH excluding ortho intramolecular Hbond substituents is 2. The first-order chi connectivity index (χ1) is 15.9. The number of aromatic hydroxyl groups is 2. The van der Waals surface area contributed by atoms with Crippen LogP contribution < -0.4 is 0 Å². The molecule has 3 rings (SSSR count). The molecule has 3 N–H and O–H groups in total. The van der Waals surface area contributed by atoms with E-state index in [-0.39, 0.29) is 35.4 Å². The molecule has 0 aromatic heterocycles. The maximum atomic E-state index is 11.1. The normalized spacial score (nSPS) is 22.4. The molecule has 0 amide bonds. The van der Waals surface area contributed by atoms with Gasteiger partial charge in [-0.1, -0.05) is 64.0 Å². The van der Waals surface area contributed by atoms with Crippen LogP contribution in [-0.4, -0.2) is 35.1 Å². The molecular formula is C29H44O4. The summed E-state index contributed by atoms with van der Waals surface area (Å²) in [6.45, 7) is 13.7.